The lowest BCUT2D eigenvalue weighted by atomic mass is 10.2. The van der Waals surface area contributed by atoms with Crippen molar-refractivity contribution >= 4 is 35.0 Å². The number of aromatic nitrogens is 3. The Hall–Kier alpha value is -3.93. The van der Waals surface area contributed by atoms with Crippen molar-refractivity contribution in [3.8, 4) is 5.75 Å². The molecule has 12 heteroatoms. The fourth-order valence-corrected chi connectivity index (χ4v) is 3.69. The summed E-state index contributed by atoms with van der Waals surface area (Å²) in [5.74, 6) is 0.117. The van der Waals surface area contributed by atoms with Crippen LogP contribution in [-0.4, -0.2) is 44.4 Å². The number of nitrogens with zero attached hydrogens (tertiary/aromatic N) is 4. The molecule has 33 heavy (non-hydrogen) atoms. The summed E-state index contributed by atoms with van der Waals surface area (Å²) in [5, 5.41) is 25.3. The zero-order chi connectivity index (χ0) is 24.0. The van der Waals surface area contributed by atoms with Gasteiger partial charge in [-0.05, 0) is 31.2 Å². The van der Waals surface area contributed by atoms with Gasteiger partial charge in [-0.15, -0.1) is 10.2 Å². The predicted octanol–water partition coefficient (Wildman–Crippen LogP) is 2.95. The van der Waals surface area contributed by atoms with E-state index in [4.69, 9.17) is 4.74 Å². The molecule has 172 valence electrons. The van der Waals surface area contributed by atoms with Gasteiger partial charge >= 0.3 is 0 Å². The van der Waals surface area contributed by atoms with Gasteiger partial charge in [0.25, 0.3) is 11.6 Å². The van der Waals surface area contributed by atoms with Crippen LogP contribution < -0.4 is 15.4 Å². The van der Waals surface area contributed by atoms with Gasteiger partial charge in [0.2, 0.25) is 5.91 Å². The van der Waals surface area contributed by atoms with Crippen LogP contribution in [0.25, 0.3) is 0 Å². The van der Waals surface area contributed by atoms with E-state index in [1.165, 1.54) is 25.3 Å². The third-order valence-electron chi connectivity index (χ3n) is 4.65. The van der Waals surface area contributed by atoms with Crippen LogP contribution in [0.2, 0.25) is 0 Å². The Bertz CT molecular complexity index is 1170. The zero-order valence-corrected chi connectivity index (χ0v) is 19.0. The smallest absolute Gasteiger partial charge is 0.296 e. The SMILES string of the molecule is COc1ccc(NC(=O)CSc2nnc([C@@H](C)NC(=O)c3ccccc3)n2C)c([N+](=O)[O-])c1. The highest BCUT2D eigenvalue weighted by Crippen LogP contribution is 2.29. The summed E-state index contributed by atoms with van der Waals surface area (Å²) in [4.78, 5) is 35.4. The third kappa shape index (κ3) is 5.86. The number of thioether (sulfide) groups is 1. The Balaban J connectivity index is 1.61. The first-order valence-corrected chi connectivity index (χ1v) is 10.8. The van der Waals surface area contributed by atoms with Crippen LogP contribution >= 0.6 is 11.8 Å². The number of anilines is 1. The minimum absolute atomic E-state index is 0.0418. The number of nitro benzene ring substituents is 1. The first-order valence-electron chi connectivity index (χ1n) is 9.80. The number of nitro groups is 1. The molecular weight excluding hydrogens is 448 g/mol. The molecule has 3 rings (SSSR count). The molecule has 1 heterocycles. The molecule has 0 fully saturated rings. The number of ether oxygens (including phenoxy) is 1. The summed E-state index contributed by atoms with van der Waals surface area (Å²) in [6.07, 6.45) is 0. The van der Waals surface area contributed by atoms with Crippen LogP contribution in [0.3, 0.4) is 0 Å². The number of carbonyl (C=O) groups is 2. The highest BCUT2D eigenvalue weighted by atomic mass is 32.2. The second-order valence-electron chi connectivity index (χ2n) is 6.94. The van der Waals surface area contributed by atoms with Gasteiger partial charge in [0, 0.05) is 12.6 Å². The molecule has 0 radical (unpaired) electrons. The van der Waals surface area contributed by atoms with Gasteiger partial charge in [-0.3, -0.25) is 19.7 Å². The number of nitrogens with one attached hydrogen (secondary N) is 2. The van der Waals surface area contributed by atoms with E-state index in [-0.39, 0.29) is 23.0 Å². The molecule has 0 aliphatic heterocycles. The second kappa shape index (κ2) is 10.6. The van der Waals surface area contributed by atoms with E-state index in [2.05, 4.69) is 20.8 Å². The summed E-state index contributed by atoms with van der Waals surface area (Å²) in [5.41, 5.74) is 0.337. The lowest BCUT2D eigenvalue weighted by Crippen LogP contribution is -2.28. The quantitative estimate of drug-likeness (QED) is 0.276. The van der Waals surface area contributed by atoms with Crippen molar-refractivity contribution in [3.05, 3.63) is 70.0 Å². The highest BCUT2D eigenvalue weighted by molar-refractivity contribution is 7.99. The Kier molecular flexibility index (Phi) is 7.61. The van der Waals surface area contributed by atoms with Crippen LogP contribution in [0, 0.1) is 10.1 Å². The molecule has 0 bridgehead atoms. The topological polar surface area (TPSA) is 141 Å². The molecule has 2 amide bonds. The molecule has 3 aromatic rings. The van der Waals surface area contributed by atoms with Gasteiger partial charge in [-0.25, -0.2) is 0 Å². The standard InChI is InChI=1S/C21H22N6O5S/c1-13(22-20(29)14-7-5-4-6-8-14)19-24-25-21(26(19)2)33-12-18(28)23-16-10-9-15(32-3)11-17(16)27(30)31/h4-11,13H,12H2,1-3H3,(H,22,29)(H,23,28)/t13-/m1/s1. The number of rotatable bonds is 9. The number of hydrogen-bond donors (Lipinski definition) is 2. The molecule has 1 atom stereocenters. The fraction of sp³-hybridized carbons (Fsp3) is 0.238. The van der Waals surface area contributed by atoms with Crippen molar-refractivity contribution in [2.75, 3.05) is 18.2 Å². The first-order chi connectivity index (χ1) is 15.8. The maximum atomic E-state index is 12.4. The van der Waals surface area contributed by atoms with Gasteiger partial charge in [0.1, 0.15) is 11.4 Å². The molecule has 0 aliphatic rings. The normalized spacial score (nSPS) is 11.5. The Morgan fingerprint density at radius 1 is 1.21 bits per heavy atom. The van der Waals surface area contributed by atoms with E-state index in [1.54, 1.807) is 42.8 Å². The molecular formula is C21H22N6O5S. The summed E-state index contributed by atoms with van der Waals surface area (Å²) in [7, 11) is 3.13. The minimum Gasteiger partial charge on any atom is -0.496 e. The largest absolute Gasteiger partial charge is 0.496 e. The van der Waals surface area contributed by atoms with Gasteiger partial charge < -0.3 is 19.9 Å². The lowest BCUT2D eigenvalue weighted by Gasteiger charge is -2.13. The maximum Gasteiger partial charge on any atom is 0.296 e. The van der Waals surface area contributed by atoms with Gasteiger partial charge in [0.15, 0.2) is 11.0 Å². The average molecular weight is 471 g/mol. The number of carbonyl (C=O) groups excluding carboxylic acids is 2. The lowest BCUT2D eigenvalue weighted by molar-refractivity contribution is -0.384. The van der Waals surface area contributed by atoms with Crippen molar-refractivity contribution in [1.82, 2.24) is 20.1 Å². The van der Waals surface area contributed by atoms with Crippen LogP contribution in [0.4, 0.5) is 11.4 Å². The van der Waals surface area contributed by atoms with Crippen LogP contribution in [0.1, 0.15) is 29.1 Å². The molecule has 2 aromatic carbocycles. The molecule has 2 N–H and O–H groups in total. The van der Waals surface area contributed by atoms with E-state index >= 15 is 0 Å². The van der Waals surface area contributed by atoms with Crippen LogP contribution in [0.5, 0.6) is 5.75 Å². The van der Waals surface area contributed by atoms with Crippen molar-refractivity contribution in [1.29, 1.82) is 0 Å². The van der Waals surface area contributed by atoms with E-state index in [0.29, 0.717) is 22.3 Å². The molecule has 11 nitrogen and oxygen atoms in total. The average Bonchev–Trinajstić information content (AvgIpc) is 3.18. The Morgan fingerprint density at radius 3 is 2.61 bits per heavy atom. The van der Waals surface area contributed by atoms with Crippen molar-refractivity contribution < 1.29 is 19.2 Å². The van der Waals surface area contributed by atoms with E-state index in [9.17, 15) is 19.7 Å². The second-order valence-corrected chi connectivity index (χ2v) is 7.88. The predicted molar refractivity (Wildman–Crippen MR) is 122 cm³/mol. The minimum atomic E-state index is -0.592. The molecule has 0 unspecified atom stereocenters. The molecule has 1 aromatic heterocycles. The van der Waals surface area contributed by atoms with Crippen molar-refractivity contribution in [3.63, 3.8) is 0 Å². The number of methoxy groups -OCH3 is 1. The van der Waals surface area contributed by atoms with E-state index < -0.39 is 16.9 Å². The van der Waals surface area contributed by atoms with Gasteiger partial charge in [-0.1, -0.05) is 30.0 Å². The zero-order valence-electron chi connectivity index (χ0n) is 18.1. The monoisotopic (exact) mass is 470 g/mol. The molecule has 0 saturated heterocycles. The fourth-order valence-electron chi connectivity index (χ4n) is 2.97. The highest BCUT2D eigenvalue weighted by Gasteiger charge is 2.20. The Morgan fingerprint density at radius 2 is 1.94 bits per heavy atom. The van der Waals surface area contributed by atoms with E-state index in [1.807, 2.05) is 6.07 Å². The van der Waals surface area contributed by atoms with Gasteiger partial charge in [0.05, 0.1) is 29.9 Å². The van der Waals surface area contributed by atoms with Crippen molar-refractivity contribution in [2.45, 2.75) is 18.1 Å². The van der Waals surface area contributed by atoms with Crippen LogP contribution in [-0.2, 0) is 11.8 Å². The van der Waals surface area contributed by atoms with Crippen LogP contribution in [0.15, 0.2) is 53.7 Å². The molecule has 0 aliphatic carbocycles. The van der Waals surface area contributed by atoms with Gasteiger partial charge in [-0.2, -0.15) is 0 Å². The van der Waals surface area contributed by atoms with Crippen molar-refractivity contribution in [2.24, 2.45) is 7.05 Å². The number of amides is 2. The third-order valence-corrected chi connectivity index (χ3v) is 5.67. The summed E-state index contributed by atoms with van der Waals surface area (Å²) >= 11 is 1.12. The summed E-state index contributed by atoms with van der Waals surface area (Å²) in [6.45, 7) is 1.79. The van der Waals surface area contributed by atoms with E-state index in [0.717, 1.165) is 11.8 Å². The maximum absolute atomic E-state index is 12.4. The summed E-state index contributed by atoms with van der Waals surface area (Å²) in [6, 6.07) is 12.6. The number of benzene rings is 2. The summed E-state index contributed by atoms with van der Waals surface area (Å²) < 4.78 is 6.67. The molecule has 0 spiro atoms. The first kappa shape index (κ1) is 23.7. The number of hydrogen-bond acceptors (Lipinski definition) is 8. The molecule has 0 saturated carbocycles. The Labute approximate surface area is 193 Å².